The van der Waals surface area contributed by atoms with Gasteiger partial charge in [-0.05, 0) is 60.0 Å². The van der Waals surface area contributed by atoms with Crippen LogP contribution in [0, 0.1) is 6.92 Å². The van der Waals surface area contributed by atoms with Crippen molar-refractivity contribution in [3.8, 4) is 11.1 Å². The molecule has 2 amide bonds. The van der Waals surface area contributed by atoms with Gasteiger partial charge in [-0.3, -0.25) is 9.52 Å². The van der Waals surface area contributed by atoms with Crippen molar-refractivity contribution in [1.29, 1.82) is 0 Å². The first-order chi connectivity index (χ1) is 16.6. The Bertz CT molecular complexity index is 1340. The number of nitrogens with two attached hydrogens (primary N) is 1. The lowest BCUT2D eigenvalue weighted by atomic mass is 10.0. The number of carbonyl (C=O) groups is 2. The van der Waals surface area contributed by atoms with E-state index in [0.29, 0.717) is 34.6 Å². The van der Waals surface area contributed by atoms with Gasteiger partial charge in [-0.15, -0.1) is 0 Å². The Kier molecular flexibility index (Phi) is 7.98. The molecule has 10 heteroatoms. The predicted molar refractivity (Wildman–Crippen MR) is 136 cm³/mol. The summed E-state index contributed by atoms with van der Waals surface area (Å²) in [4.78, 5) is 24.6. The summed E-state index contributed by atoms with van der Waals surface area (Å²) in [5.74, 6) is -0.136. The molecule has 0 aliphatic carbocycles. The first-order valence-electron chi connectivity index (χ1n) is 10.8. The van der Waals surface area contributed by atoms with Gasteiger partial charge in [0.1, 0.15) is 6.61 Å². The highest BCUT2D eigenvalue weighted by atomic mass is 32.2. The number of benzene rings is 3. The van der Waals surface area contributed by atoms with Gasteiger partial charge in [0, 0.05) is 31.9 Å². The number of hydrogen-bond donors (Lipinski definition) is 3. The Morgan fingerprint density at radius 2 is 1.63 bits per heavy atom. The molecule has 0 fully saturated rings. The third-order valence-corrected chi connectivity index (χ3v) is 6.64. The number of anilines is 2. The number of carbonyl (C=O) groups excluding carboxylic acids is 2. The molecule has 0 radical (unpaired) electrons. The van der Waals surface area contributed by atoms with E-state index in [1.165, 1.54) is 4.90 Å². The summed E-state index contributed by atoms with van der Waals surface area (Å²) in [6, 6.07) is 19.0. The lowest BCUT2D eigenvalue weighted by molar-refractivity contribution is 0.0827. The number of nitrogens with one attached hydrogen (secondary N) is 2. The van der Waals surface area contributed by atoms with Gasteiger partial charge < -0.3 is 20.7 Å². The molecule has 3 rings (SSSR count). The minimum absolute atomic E-state index is 0.0820. The van der Waals surface area contributed by atoms with Crippen LogP contribution in [0.2, 0.25) is 0 Å². The van der Waals surface area contributed by atoms with E-state index in [2.05, 4.69) is 14.8 Å². The lowest BCUT2D eigenvalue weighted by Gasteiger charge is -2.14. The molecule has 0 spiro atoms. The second-order valence-electron chi connectivity index (χ2n) is 8.04. The lowest BCUT2D eigenvalue weighted by Crippen LogP contribution is -2.21. The maximum Gasteiger partial charge on any atom is 0.404 e. The average molecular weight is 497 g/mol. The normalized spacial score (nSPS) is 10.9. The van der Waals surface area contributed by atoms with E-state index in [4.69, 9.17) is 5.73 Å². The zero-order valence-corrected chi connectivity index (χ0v) is 20.6. The molecule has 0 saturated heterocycles. The molecule has 0 saturated carbocycles. The molecule has 0 heterocycles. The van der Waals surface area contributed by atoms with Gasteiger partial charge in [0.25, 0.3) is 15.9 Å². The maximum atomic E-state index is 13.3. The summed E-state index contributed by atoms with van der Waals surface area (Å²) in [5.41, 5.74) is 8.45. The van der Waals surface area contributed by atoms with Crippen molar-refractivity contribution in [3.05, 3.63) is 77.9 Å². The van der Waals surface area contributed by atoms with Crippen molar-refractivity contribution in [2.24, 2.45) is 5.73 Å². The topological polar surface area (TPSA) is 131 Å². The van der Waals surface area contributed by atoms with Crippen LogP contribution in [0.4, 0.5) is 16.2 Å². The molecule has 9 nitrogen and oxygen atoms in total. The Balaban J connectivity index is 1.83. The van der Waals surface area contributed by atoms with Crippen LogP contribution in [0.25, 0.3) is 11.1 Å². The summed E-state index contributed by atoms with van der Waals surface area (Å²) in [6.45, 7) is 2.12. The number of nitrogens with zero attached hydrogens (tertiary/aromatic N) is 1. The van der Waals surface area contributed by atoms with Crippen LogP contribution < -0.4 is 15.8 Å². The molecule has 0 bridgehead atoms. The first kappa shape index (κ1) is 25.6. The van der Waals surface area contributed by atoms with Crippen LogP contribution in [-0.4, -0.2) is 52.6 Å². The maximum absolute atomic E-state index is 13.3. The Labute approximate surface area is 204 Å². The summed E-state index contributed by atoms with van der Waals surface area (Å²) >= 11 is 0. The van der Waals surface area contributed by atoms with Gasteiger partial charge >= 0.3 is 6.09 Å². The SMILES string of the molecule is Cc1ccc(-c2cccc(C(=O)N(C)C)c2)cc1S(=O)(=O)Nc1cccc(NCCOC(N)=O)c1. The number of aryl methyl sites for hydroxylation is 1. The van der Waals surface area contributed by atoms with E-state index in [1.54, 1.807) is 75.6 Å². The smallest absolute Gasteiger partial charge is 0.404 e. The third-order valence-electron chi connectivity index (χ3n) is 5.12. The van der Waals surface area contributed by atoms with E-state index >= 15 is 0 Å². The van der Waals surface area contributed by atoms with Gasteiger partial charge in [-0.1, -0.05) is 30.3 Å². The number of ether oxygens (including phenoxy) is 1. The molecule has 0 aliphatic heterocycles. The third kappa shape index (κ3) is 6.73. The van der Waals surface area contributed by atoms with E-state index in [1.807, 2.05) is 12.1 Å². The van der Waals surface area contributed by atoms with Crippen molar-refractivity contribution < 1.29 is 22.7 Å². The molecular formula is C25H28N4O5S. The summed E-state index contributed by atoms with van der Waals surface area (Å²) < 4.78 is 33.8. The minimum Gasteiger partial charge on any atom is -0.448 e. The summed E-state index contributed by atoms with van der Waals surface area (Å²) in [7, 11) is -0.552. The van der Waals surface area contributed by atoms with Gasteiger partial charge in [-0.25, -0.2) is 13.2 Å². The second kappa shape index (κ2) is 10.9. The Morgan fingerprint density at radius 3 is 2.34 bits per heavy atom. The molecule has 0 aliphatic rings. The van der Waals surface area contributed by atoms with Crippen LogP contribution in [0.5, 0.6) is 0 Å². The summed E-state index contributed by atoms with van der Waals surface area (Å²) in [5, 5.41) is 3.03. The average Bonchev–Trinajstić information content (AvgIpc) is 2.81. The molecule has 3 aromatic rings. The molecule has 184 valence electrons. The van der Waals surface area contributed by atoms with Gasteiger partial charge in [0.05, 0.1) is 10.6 Å². The van der Waals surface area contributed by atoms with Crippen LogP contribution in [-0.2, 0) is 14.8 Å². The van der Waals surface area contributed by atoms with Crippen molar-refractivity contribution in [2.75, 3.05) is 37.3 Å². The van der Waals surface area contributed by atoms with Gasteiger partial charge in [-0.2, -0.15) is 0 Å². The second-order valence-corrected chi connectivity index (χ2v) is 9.69. The highest BCUT2D eigenvalue weighted by Crippen LogP contribution is 2.28. The molecule has 3 aromatic carbocycles. The zero-order valence-electron chi connectivity index (χ0n) is 19.7. The molecule has 0 aromatic heterocycles. The number of hydrogen-bond acceptors (Lipinski definition) is 6. The monoisotopic (exact) mass is 496 g/mol. The van der Waals surface area contributed by atoms with Crippen LogP contribution in [0.3, 0.4) is 0 Å². The molecular weight excluding hydrogens is 468 g/mol. The van der Waals surface area contributed by atoms with E-state index in [0.717, 1.165) is 5.56 Å². The fourth-order valence-electron chi connectivity index (χ4n) is 3.41. The first-order valence-corrected chi connectivity index (χ1v) is 12.3. The number of amides is 2. The van der Waals surface area contributed by atoms with E-state index in [9.17, 15) is 18.0 Å². The largest absolute Gasteiger partial charge is 0.448 e. The number of rotatable bonds is 9. The van der Waals surface area contributed by atoms with Crippen LogP contribution >= 0.6 is 0 Å². The van der Waals surface area contributed by atoms with Crippen molar-refractivity contribution in [1.82, 2.24) is 4.90 Å². The molecule has 0 unspecified atom stereocenters. The standard InChI is InChI=1S/C25H28N4O5S/c1-17-10-11-19(18-6-4-7-20(14-18)24(30)29(2)3)15-23(17)35(32,33)28-22-9-5-8-21(16-22)27-12-13-34-25(26)31/h4-11,14-16,27-28H,12-13H2,1-3H3,(H2,26,31). The molecule has 0 atom stereocenters. The predicted octanol–water partition coefficient (Wildman–Crippen LogP) is 3.67. The van der Waals surface area contributed by atoms with Crippen molar-refractivity contribution in [2.45, 2.75) is 11.8 Å². The Morgan fingerprint density at radius 1 is 0.943 bits per heavy atom. The highest BCUT2D eigenvalue weighted by Gasteiger charge is 2.19. The van der Waals surface area contributed by atoms with Crippen LogP contribution in [0.1, 0.15) is 15.9 Å². The van der Waals surface area contributed by atoms with Gasteiger partial charge in [0.2, 0.25) is 0 Å². The van der Waals surface area contributed by atoms with Crippen molar-refractivity contribution in [3.63, 3.8) is 0 Å². The molecule has 35 heavy (non-hydrogen) atoms. The minimum atomic E-state index is -3.91. The summed E-state index contributed by atoms with van der Waals surface area (Å²) in [6.07, 6.45) is -0.859. The van der Waals surface area contributed by atoms with Gasteiger partial charge in [0.15, 0.2) is 0 Å². The van der Waals surface area contributed by atoms with Crippen LogP contribution in [0.15, 0.2) is 71.6 Å². The number of primary amides is 1. The molecule has 4 N–H and O–H groups in total. The fourth-order valence-corrected chi connectivity index (χ4v) is 4.73. The number of sulfonamides is 1. The van der Waals surface area contributed by atoms with E-state index in [-0.39, 0.29) is 17.4 Å². The zero-order chi connectivity index (χ0) is 25.6. The highest BCUT2D eigenvalue weighted by molar-refractivity contribution is 7.92. The van der Waals surface area contributed by atoms with Crippen molar-refractivity contribution >= 4 is 33.4 Å². The Hall–Kier alpha value is -4.05. The fraction of sp³-hybridized carbons (Fsp3) is 0.200. The van der Waals surface area contributed by atoms with E-state index < -0.39 is 16.1 Å². The quantitative estimate of drug-likeness (QED) is 0.388.